The second kappa shape index (κ2) is 9.28. The molecule has 1 amide bonds. The Morgan fingerprint density at radius 1 is 1.28 bits per heavy atom. The van der Waals surface area contributed by atoms with Crippen molar-refractivity contribution < 1.29 is 18.7 Å². The number of ether oxygens (including phenoxy) is 2. The number of carbonyl (C=O) groups excluding carboxylic acids is 1. The van der Waals surface area contributed by atoms with Gasteiger partial charge < -0.3 is 14.8 Å². The number of para-hydroxylation sites is 1. The van der Waals surface area contributed by atoms with Gasteiger partial charge in [-0.25, -0.2) is 4.39 Å². The van der Waals surface area contributed by atoms with E-state index in [-0.39, 0.29) is 11.7 Å². The maximum atomic E-state index is 13.6. The summed E-state index contributed by atoms with van der Waals surface area (Å²) in [6, 6.07) is 11.4. The Balaban J connectivity index is 1.79. The minimum Gasteiger partial charge on any atom is -0.492 e. The van der Waals surface area contributed by atoms with Gasteiger partial charge in [0.1, 0.15) is 12.4 Å². The van der Waals surface area contributed by atoms with Crippen molar-refractivity contribution >= 4 is 17.5 Å². The molecule has 4 nitrogen and oxygen atoms in total. The Labute approximate surface area is 151 Å². The molecule has 0 fully saturated rings. The van der Waals surface area contributed by atoms with Crippen LogP contribution in [0.1, 0.15) is 18.9 Å². The van der Waals surface area contributed by atoms with Crippen LogP contribution in [0.3, 0.4) is 0 Å². The molecule has 25 heavy (non-hydrogen) atoms. The van der Waals surface area contributed by atoms with E-state index in [0.29, 0.717) is 30.3 Å². The number of hydrogen-bond donors (Lipinski definition) is 1. The summed E-state index contributed by atoms with van der Waals surface area (Å²) in [5, 5.41) is 3.36. The molecule has 0 radical (unpaired) electrons. The van der Waals surface area contributed by atoms with Gasteiger partial charge in [-0.2, -0.15) is 0 Å². The van der Waals surface area contributed by atoms with E-state index in [2.05, 4.69) is 5.32 Å². The van der Waals surface area contributed by atoms with E-state index in [1.54, 1.807) is 25.1 Å². The molecule has 0 aromatic heterocycles. The summed E-state index contributed by atoms with van der Waals surface area (Å²) in [6.45, 7) is 4.31. The summed E-state index contributed by atoms with van der Waals surface area (Å²) in [4.78, 5) is 12.2. The highest BCUT2D eigenvalue weighted by atomic mass is 35.5. The van der Waals surface area contributed by atoms with Crippen molar-refractivity contribution in [2.75, 3.05) is 13.2 Å². The Bertz CT molecular complexity index is 724. The van der Waals surface area contributed by atoms with Crippen LogP contribution in [0, 0.1) is 12.7 Å². The van der Waals surface area contributed by atoms with Crippen LogP contribution in [0.2, 0.25) is 5.02 Å². The summed E-state index contributed by atoms with van der Waals surface area (Å²) in [7, 11) is 0. The fraction of sp³-hybridized carbons (Fsp3) is 0.316. The SMILES string of the molecule is CC[C@H](Oc1ccccc1F)C(=O)NCCOc1ccc(C)c(Cl)c1. The summed E-state index contributed by atoms with van der Waals surface area (Å²) in [5.74, 6) is -0.0980. The van der Waals surface area contributed by atoms with Crippen LogP contribution in [-0.2, 0) is 4.79 Å². The van der Waals surface area contributed by atoms with Gasteiger partial charge in [0.15, 0.2) is 17.7 Å². The predicted molar refractivity (Wildman–Crippen MR) is 95.8 cm³/mol. The number of hydrogen-bond acceptors (Lipinski definition) is 3. The highest BCUT2D eigenvalue weighted by molar-refractivity contribution is 6.31. The molecular formula is C19H21ClFNO3. The summed E-state index contributed by atoms with van der Waals surface area (Å²) >= 11 is 6.03. The van der Waals surface area contributed by atoms with Gasteiger partial charge >= 0.3 is 0 Å². The number of halogens is 2. The zero-order valence-corrected chi connectivity index (χ0v) is 15.0. The summed E-state index contributed by atoms with van der Waals surface area (Å²) in [6.07, 6.45) is -0.333. The zero-order valence-electron chi connectivity index (χ0n) is 14.2. The minimum absolute atomic E-state index is 0.0649. The molecular weight excluding hydrogens is 345 g/mol. The van der Waals surface area contributed by atoms with E-state index in [1.807, 2.05) is 19.1 Å². The van der Waals surface area contributed by atoms with Gasteiger partial charge in [-0.05, 0) is 43.2 Å². The lowest BCUT2D eigenvalue weighted by Gasteiger charge is -2.17. The monoisotopic (exact) mass is 365 g/mol. The first kappa shape index (κ1) is 19.1. The van der Waals surface area contributed by atoms with Crippen LogP contribution < -0.4 is 14.8 Å². The largest absolute Gasteiger partial charge is 0.492 e. The van der Waals surface area contributed by atoms with E-state index in [1.165, 1.54) is 12.1 Å². The van der Waals surface area contributed by atoms with Gasteiger partial charge in [0, 0.05) is 5.02 Å². The summed E-state index contributed by atoms with van der Waals surface area (Å²) in [5.41, 5.74) is 0.971. The number of carbonyl (C=O) groups is 1. The molecule has 0 saturated heterocycles. The van der Waals surface area contributed by atoms with E-state index >= 15 is 0 Å². The molecule has 0 aliphatic carbocycles. The molecule has 1 N–H and O–H groups in total. The molecule has 0 aliphatic heterocycles. The lowest BCUT2D eigenvalue weighted by molar-refractivity contribution is -0.128. The van der Waals surface area contributed by atoms with E-state index in [4.69, 9.17) is 21.1 Å². The lowest BCUT2D eigenvalue weighted by atomic mass is 10.2. The van der Waals surface area contributed by atoms with Gasteiger partial charge in [-0.3, -0.25) is 4.79 Å². The molecule has 0 unspecified atom stereocenters. The number of aryl methyl sites for hydroxylation is 1. The molecule has 0 saturated carbocycles. The third kappa shape index (κ3) is 5.64. The van der Waals surface area contributed by atoms with Gasteiger partial charge in [0.2, 0.25) is 0 Å². The molecule has 2 rings (SSSR count). The van der Waals surface area contributed by atoms with Crippen molar-refractivity contribution in [3.8, 4) is 11.5 Å². The Hall–Kier alpha value is -2.27. The molecule has 0 heterocycles. The number of amides is 1. The van der Waals surface area contributed by atoms with Crippen LogP contribution in [-0.4, -0.2) is 25.2 Å². The smallest absolute Gasteiger partial charge is 0.261 e. The van der Waals surface area contributed by atoms with Crippen molar-refractivity contribution in [3.05, 3.63) is 58.9 Å². The van der Waals surface area contributed by atoms with Gasteiger partial charge in [0.05, 0.1) is 6.54 Å². The Morgan fingerprint density at radius 3 is 2.72 bits per heavy atom. The molecule has 1 atom stereocenters. The Morgan fingerprint density at radius 2 is 2.04 bits per heavy atom. The second-order valence-corrected chi connectivity index (χ2v) is 5.90. The van der Waals surface area contributed by atoms with Crippen LogP contribution in [0.5, 0.6) is 11.5 Å². The highest BCUT2D eigenvalue weighted by Crippen LogP contribution is 2.21. The Kier molecular flexibility index (Phi) is 7.07. The van der Waals surface area contributed by atoms with Gasteiger partial charge in [-0.15, -0.1) is 0 Å². The molecule has 2 aromatic carbocycles. The van der Waals surface area contributed by atoms with E-state index in [9.17, 15) is 9.18 Å². The standard InChI is InChI=1S/C19H21ClFNO3/c1-3-17(25-18-7-5-4-6-16(18)21)19(23)22-10-11-24-14-9-8-13(2)15(20)12-14/h4-9,12,17H,3,10-11H2,1-2H3,(H,22,23)/t17-/m0/s1. The van der Waals surface area contributed by atoms with Crippen LogP contribution in [0.25, 0.3) is 0 Å². The van der Waals surface area contributed by atoms with Crippen LogP contribution in [0.15, 0.2) is 42.5 Å². The van der Waals surface area contributed by atoms with Gasteiger partial charge in [-0.1, -0.05) is 36.7 Å². The average Bonchev–Trinajstić information content (AvgIpc) is 2.60. The fourth-order valence-corrected chi connectivity index (χ4v) is 2.31. The molecule has 134 valence electrons. The van der Waals surface area contributed by atoms with Crippen molar-refractivity contribution in [2.24, 2.45) is 0 Å². The maximum absolute atomic E-state index is 13.6. The third-order valence-corrected chi connectivity index (χ3v) is 3.99. The maximum Gasteiger partial charge on any atom is 0.261 e. The third-order valence-electron chi connectivity index (χ3n) is 3.58. The molecule has 6 heteroatoms. The van der Waals surface area contributed by atoms with Crippen LogP contribution in [0.4, 0.5) is 4.39 Å². The average molecular weight is 366 g/mol. The topological polar surface area (TPSA) is 47.6 Å². The zero-order chi connectivity index (χ0) is 18.2. The number of rotatable bonds is 8. The van der Waals surface area contributed by atoms with E-state index < -0.39 is 11.9 Å². The number of benzene rings is 2. The summed E-state index contributed by atoms with van der Waals surface area (Å²) < 4.78 is 24.6. The molecule has 2 aromatic rings. The second-order valence-electron chi connectivity index (χ2n) is 5.50. The minimum atomic E-state index is -0.759. The molecule has 0 bridgehead atoms. The van der Waals surface area contributed by atoms with E-state index in [0.717, 1.165) is 5.56 Å². The normalized spacial score (nSPS) is 11.7. The first-order valence-electron chi connectivity index (χ1n) is 8.09. The van der Waals surface area contributed by atoms with Crippen LogP contribution >= 0.6 is 11.6 Å². The lowest BCUT2D eigenvalue weighted by Crippen LogP contribution is -2.39. The van der Waals surface area contributed by atoms with Crippen molar-refractivity contribution in [2.45, 2.75) is 26.4 Å². The van der Waals surface area contributed by atoms with Crippen molar-refractivity contribution in [1.82, 2.24) is 5.32 Å². The fourth-order valence-electron chi connectivity index (χ4n) is 2.14. The first-order valence-corrected chi connectivity index (χ1v) is 8.47. The highest BCUT2D eigenvalue weighted by Gasteiger charge is 2.19. The first-order chi connectivity index (χ1) is 12.0. The van der Waals surface area contributed by atoms with Gasteiger partial charge in [0.25, 0.3) is 5.91 Å². The molecule has 0 spiro atoms. The number of nitrogens with one attached hydrogen (secondary N) is 1. The quantitative estimate of drug-likeness (QED) is 0.715. The van der Waals surface area contributed by atoms with Crippen molar-refractivity contribution in [3.63, 3.8) is 0 Å². The predicted octanol–water partition coefficient (Wildman–Crippen LogP) is 4.14. The molecule has 0 aliphatic rings. The van der Waals surface area contributed by atoms with Crippen molar-refractivity contribution in [1.29, 1.82) is 0 Å².